The molecule has 0 fully saturated rings. The van der Waals surface area contributed by atoms with Gasteiger partial charge in [0.05, 0.1) is 11.0 Å². The van der Waals surface area contributed by atoms with Crippen molar-refractivity contribution >= 4 is 32.6 Å². The number of hydrogen-bond acceptors (Lipinski definition) is 3. The molecule has 0 amide bonds. The molecule has 7 aromatic carbocycles. The second-order valence-electron chi connectivity index (χ2n) is 11.7. The van der Waals surface area contributed by atoms with Crippen LogP contribution in [-0.2, 0) is 0 Å². The van der Waals surface area contributed by atoms with Crippen molar-refractivity contribution in [1.29, 1.82) is 0 Å². The van der Waals surface area contributed by atoms with Crippen LogP contribution in [0.3, 0.4) is 0 Å². The standard InChI is InChI=1S/C43H28N4/c1-4-12-29(13-5-1)33-22-26-36-34(28-33)23-27-39-40(36)37-18-10-11-19-38(37)47(39)35-24-20-32(21-25-35)43-45-41(30-14-6-2-7-15-30)44-42(46-43)31-16-8-3-9-17-31/h1-28H. The van der Waals surface area contributed by atoms with Gasteiger partial charge in [0.2, 0.25) is 0 Å². The Kier molecular flexibility index (Phi) is 6.43. The molecule has 0 saturated carbocycles. The molecule has 0 atom stereocenters. The summed E-state index contributed by atoms with van der Waals surface area (Å²) >= 11 is 0. The Bertz CT molecular complexity index is 2480. The van der Waals surface area contributed by atoms with Crippen LogP contribution in [0.1, 0.15) is 0 Å². The molecule has 0 saturated heterocycles. The maximum atomic E-state index is 4.93. The van der Waals surface area contributed by atoms with Gasteiger partial charge in [-0.15, -0.1) is 0 Å². The number of hydrogen-bond donors (Lipinski definition) is 0. The van der Waals surface area contributed by atoms with Gasteiger partial charge in [-0.2, -0.15) is 0 Å². The quantitative estimate of drug-likeness (QED) is 0.197. The number of rotatable bonds is 5. The van der Waals surface area contributed by atoms with E-state index in [0.29, 0.717) is 17.5 Å². The van der Waals surface area contributed by atoms with E-state index in [4.69, 9.17) is 15.0 Å². The molecule has 0 aliphatic heterocycles. The van der Waals surface area contributed by atoms with Crippen molar-refractivity contribution in [1.82, 2.24) is 19.5 Å². The fourth-order valence-corrected chi connectivity index (χ4v) is 6.58. The van der Waals surface area contributed by atoms with Gasteiger partial charge in [-0.25, -0.2) is 15.0 Å². The fraction of sp³-hybridized carbons (Fsp3) is 0. The molecule has 0 aliphatic carbocycles. The SMILES string of the molecule is c1ccc(-c2ccc3c(ccc4c3c3ccccc3n4-c3ccc(-c4nc(-c5ccccc5)nc(-c5ccccc5)n4)cc3)c2)cc1. The van der Waals surface area contributed by atoms with E-state index in [2.05, 4.69) is 114 Å². The average Bonchev–Trinajstić information content (AvgIpc) is 3.50. The summed E-state index contributed by atoms with van der Waals surface area (Å²) in [5.74, 6) is 1.96. The monoisotopic (exact) mass is 600 g/mol. The van der Waals surface area contributed by atoms with Crippen LogP contribution < -0.4 is 0 Å². The van der Waals surface area contributed by atoms with Crippen LogP contribution in [-0.4, -0.2) is 19.5 Å². The molecule has 4 heteroatoms. The molecule has 0 N–H and O–H groups in total. The molecule has 0 spiro atoms. The van der Waals surface area contributed by atoms with Crippen LogP contribution in [0, 0.1) is 0 Å². The highest BCUT2D eigenvalue weighted by Crippen LogP contribution is 2.38. The summed E-state index contributed by atoms with van der Waals surface area (Å²) in [6.45, 7) is 0. The summed E-state index contributed by atoms with van der Waals surface area (Å²) < 4.78 is 2.36. The van der Waals surface area contributed by atoms with Crippen molar-refractivity contribution in [3.63, 3.8) is 0 Å². The lowest BCUT2D eigenvalue weighted by atomic mass is 9.98. The van der Waals surface area contributed by atoms with Crippen molar-refractivity contribution in [2.45, 2.75) is 0 Å². The van der Waals surface area contributed by atoms with Crippen molar-refractivity contribution in [3.05, 3.63) is 170 Å². The number of fused-ring (bicyclic) bond motifs is 5. The molecular formula is C43H28N4. The Balaban J connectivity index is 1.17. The van der Waals surface area contributed by atoms with Gasteiger partial charge in [0, 0.05) is 33.2 Å². The molecule has 9 rings (SSSR count). The number of para-hydroxylation sites is 1. The van der Waals surface area contributed by atoms with Gasteiger partial charge in [-0.1, -0.05) is 127 Å². The Hall–Kier alpha value is -6.39. The minimum atomic E-state index is 0.645. The van der Waals surface area contributed by atoms with E-state index < -0.39 is 0 Å². The van der Waals surface area contributed by atoms with E-state index in [9.17, 15) is 0 Å². The second-order valence-corrected chi connectivity index (χ2v) is 11.7. The first-order valence-electron chi connectivity index (χ1n) is 15.8. The normalized spacial score (nSPS) is 11.4. The Morgan fingerprint density at radius 2 is 0.851 bits per heavy atom. The minimum absolute atomic E-state index is 0.645. The van der Waals surface area contributed by atoms with Gasteiger partial charge in [0.1, 0.15) is 0 Å². The molecule has 2 heterocycles. The van der Waals surface area contributed by atoms with E-state index >= 15 is 0 Å². The molecule has 0 radical (unpaired) electrons. The van der Waals surface area contributed by atoms with Crippen molar-refractivity contribution in [2.75, 3.05) is 0 Å². The molecule has 220 valence electrons. The highest BCUT2D eigenvalue weighted by Gasteiger charge is 2.16. The molecule has 0 bridgehead atoms. The lowest BCUT2D eigenvalue weighted by Gasteiger charge is -2.11. The zero-order valence-electron chi connectivity index (χ0n) is 25.5. The van der Waals surface area contributed by atoms with Crippen LogP contribution in [0.25, 0.3) is 83.6 Å². The third kappa shape index (κ3) is 4.75. The largest absolute Gasteiger partial charge is 0.309 e. The maximum absolute atomic E-state index is 4.93. The van der Waals surface area contributed by atoms with Gasteiger partial charge in [0.15, 0.2) is 17.5 Å². The molecule has 2 aromatic heterocycles. The first kappa shape index (κ1) is 27.0. The third-order valence-electron chi connectivity index (χ3n) is 8.84. The topological polar surface area (TPSA) is 43.6 Å². The Morgan fingerprint density at radius 1 is 0.340 bits per heavy atom. The van der Waals surface area contributed by atoms with Gasteiger partial charge >= 0.3 is 0 Å². The first-order valence-corrected chi connectivity index (χ1v) is 15.8. The molecule has 47 heavy (non-hydrogen) atoms. The summed E-state index contributed by atoms with van der Waals surface area (Å²) in [6, 6.07) is 59.3. The van der Waals surface area contributed by atoms with Gasteiger partial charge in [-0.3, -0.25) is 0 Å². The van der Waals surface area contributed by atoms with E-state index in [1.807, 2.05) is 60.7 Å². The highest BCUT2D eigenvalue weighted by atomic mass is 15.0. The van der Waals surface area contributed by atoms with Crippen LogP contribution >= 0.6 is 0 Å². The zero-order chi connectivity index (χ0) is 31.2. The summed E-state index contributed by atoms with van der Waals surface area (Å²) in [5.41, 5.74) is 8.73. The lowest BCUT2D eigenvalue weighted by molar-refractivity contribution is 1.07. The maximum Gasteiger partial charge on any atom is 0.164 e. The van der Waals surface area contributed by atoms with Crippen LogP contribution in [0.5, 0.6) is 0 Å². The van der Waals surface area contributed by atoms with Crippen molar-refractivity contribution in [3.8, 4) is 51.0 Å². The first-order chi connectivity index (χ1) is 23.3. The van der Waals surface area contributed by atoms with E-state index in [1.54, 1.807) is 0 Å². The van der Waals surface area contributed by atoms with E-state index in [-0.39, 0.29) is 0 Å². The van der Waals surface area contributed by atoms with Crippen LogP contribution in [0.15, 0.2) is 170 Å². The Morgan fingerprint density at radius 3 is 1.47 bits per heavy atom. The summed E-state index contributed by atoms with van der Waals surface area (Å²) in [6.07, 6.45) is 0. The van der Waals surface area contributed by atoms with Gasteiger partial charge in [0.25, 0.3) is 0 Å². The number of aromatic nitrogens is 4. The van der Waals surface area contributed by atoms with Crippen molar-refractivity contribution in [2.24, 2.45) is 0 Å². The second kappa shape index (κ2) is 11.2. The zero-order valence-corrected chi connectivity index (χ0v) is 25.5. The van der Waals surface area contributed by atoms with Gasteiger partial charge in [-0.05, 0) is 64.4 Å². The minimum Gasteiger partial charge on any atom is -0.309 e. The van der Waals surface area contributed by atoms with Crippen LogP contribution in [0.2, 0.25) is 0 Å². The highest BCUT2D eigenvalue weighted by molar-refractivity contribution is 6.21. The third-order valence-corrected chi connectivity index (χ3v) is 8.84. The molecule has 0 aliphatic rings. The predicted octanol–water partition coefficient (Wildman–Crippen LogP) is 10.8. The predicted molar refractivity (Wildman–Crippen MR) is 193 cm³/mol. The smallest absolute Gasteiger partial charge is 0.164 e. The van der Waals surface area contributed by atoms with Crippen LogP contribution in [0.4, 0.5) is 0 Å². The molecule has 9 aromatic rings. The fourth-order valence-electron chi connectivity index (χ4n) is 6.58. The molecule has 0 unspecified atom stereocenters. The summed E-state index contributed by atoms with van der Waals surface area (Å²) in [5, 5.41) is 4.98. The van der Waals surface area contributed by atoms with E-state index in [0.717, 1.165) is 22.4 Å². The average molecular weight is 601 g/mol. The van der Waals surface area contributed by atoms with Crippen molar-refractivity contribution < 1.29 is 0 Å². The van der Waals surface area contributed by atoms with E-state index in [1.165, 1.54) is 43.7 Å². The number of benzene rings is 7. The van der Waals surface area contributed by atoms with Gasteiger partial charge < -0.3 is 4.57 Å². The lowest BCUT2D eigenvalue weighted by Crippen LogP contribution is -2.00. The number of nitrogens with zero attached hydrogens (tertiary/aromatic N) is 4. The summed E-state index contributed by atoms with van der Waals surface area (Å²) in [7, 11) is 0. The Labute approximate surface area is 272 Å². The summed E-state index contributed by atoms with van der Waals surface area (Å²) in [4.78, 5) is 14.7. The molecular weight excluding hydrogens is 573 g/mol. The molecule has 4 nitrogen and oxygen atoms in total.